The van der Waals surface area contributed by atoms with Crippen LogP contribution in [0.3, 0.4) is 0 Å². The number of hydrogen-bond acceptors (Lipinski definition) is 2. The van der Waals surface area contributed by atoms with Gasteiger partial charge in [0, 0.05) is 21.3 Å². The van der Waals surface area contributed by atoms with E-state index in [-0.39, 0.29) is 5.91 Å². The fourth-order valence-electron chi connectivity index (χ4n) is 1.58. The summed E-state index contributed by atoms with van der Waals surface area (Å²) in [6.45, 7) is 1.96. The summed E-state index contributed by atoms with van der Waals surface area (Å²) in [5, 5.41) is 2.78. The van der Waals surface area contributed by atoms with Gasteiger partial charge in [-0.1, -0.05) is 22.0 Å². The van der Waals surface area contributed by atoms with E-state index in [4.69, 9.17) is 0 Å². The van der Waals surface area contributed by atoms with E-state index in [9.17, 15) is 9.59 Å². The van der Waals surface area contributed by atoms with E-state index in [2.05, 4.69) is 21.2 Å². The number of hydrogen-bond donors (Lipinski definition) is 1. The zero-order valence-electron chi connectivity index (χ0n) is 10.3. The SMILES string of the molecule is Cc1ccc(C(=O)Nc2ccc(C=O)cc2)cc1Br. The second-order valence-electron chi connectivity index (χ2n) is 4.16. The van der Waals surface area contributed by atoms with Gasteiger partial charge in [-0.2, -0.15) is 0 Å². The standard InChI is InChI=1S/C15H12BrNO2/c1-10-2-5-12(8-14(10)16)15(19)17-13-6-3-11(9-18)4-7-13/h2-9H,1H3,(H,17,19). The van der Waals surface area contributed by atoms with E-state index in [0.29, 0.717) is 16.8 Å². The van der Waals surface area contributed by atoms with E-state index in [0.717, 1.165) is 16.3 Å². The highest BCUT2D eigenvalue weighted by Gasteiger charge is 2.07. The first-order chi connectivity index (χ1) is 9.10. The van der Waals surface area contributed by atoms with Crippen molar-refractivity contribution in [1.82, 2.24) is 0 Å². The van der Waals surface area contributed by atoms with Crippen LogP contribution in [0.4, 0.5) is 5.69 Å². The zero-order chi connectivity index (χ0) is 13.8. The number of carbonyl (C=O) groups excluding carboxylic acids is 2. The minimum Gasteiger partial charge on any atom is -0.322 e. The third-order valence-corrected chi connectivity index (χ3v) is 3.59. The van der Waals surface area contributed by atoms with Crippen molar-refractivity contribution in [1.29, 1.82) is 0 Å². The molecule has 0 bridgehead atoms. The molecule has 0 saturated heterocycles. The molecule has 0 unspecified atom stereocenters. The molecule has 2 aromatic carbocycles. The number of amides is 1. The molecule has 0 heterocycles. The van der Waals surface area contributed by atoms with Gasteiger partial charge in [-0.25, -0.2) is 0 Å². The van der Waals surface area contributed by atoms with Crippen LogP contribution in [0.25, 0.3) is 0 Å². The maximum atomic E-state index is 12.0. The van der Waals surface area contributed by atoms with Crippen LogP contribution in [-0.4, -0.2) is 12.2 Å². The quantitative estimate of drug-likeness (QED) is 0.875. The molecule has 0 saturated carbocycles. The lowest BCUT2D eigenvalue weighted by molar-refractivity contribution is 0.102. The molecule has 2 rings (SSSR count). The molecule has 0 radical (unpaired) electrons. The highest BCUT2D eigenvalue weighted by atomic mass is 79.9. The summed E-state index contributed by atoms with van der Waals surface area (Å²) in [5.41, 5.74) is 2.90. The van der Waals surface area contributed by atoms with Crippen molar-refractivity contribution in [2.45, 2.75) is 6.92 Å². The monoisotopic (exact) mass is 317 g/mol. The van der Waals surface area contributed by atoms with Crippen molar-refractivity contribution in [2.75, 3.05) is 5.32 Å². The van der Waals surface area contributed by atoms with Crippen molar-refractivity contribution in [3.8, 4) is 0 Å². The summed E-state index contributed by atoms with van der Waals surface area (Å²) in [4.78, 5) is 22.6. The van der Waals surface area contributed by atoms with Gasteiger partial charge in [0.05, 0.1) is 0 Å². The van der Waals surface area contributed by atoms with Crippen molar-refractivity contribution < 1.29 is 9.59 Å². The van der Waals surface area contributed by atoms with Gasteiger partial charge in [0.1, 0.15) is 6.29 Å². The maximum absolute atomic E-state index is 12.0. The van der Waals surface area contributed by atoms with E-state index in [1.807, 2.05) is 13.0 Å². The number of halogens is 1. The largest absolute Gasteiger partial charge is 0.322 e. The maximum Gasteiger partial charge on any atom is 0.255 e. The molecule has 0 aromatic heterocycles. The first-order valence-corrected chi connectivity index (χ1v) is 6.52. The van der Waals surface area contributed by atoms with Crippen LogP contribution in [0.1, 0.15) is 26.3 Å². The normalized spacial score (nSPS) is 10.0. The van der Waals surface area contributed by atoms with E-state index >= 15 is 0 Å². The fraction of sp³-hybridized carbons (Fsp3) is 0.0667. The first kappa shape index (κ1) is 13.5. The molecule has 4 heteroatoms. The van der Waals surface area contributed by atoms with E-state index < -0.39 is 0 Å². The summed E-state index contributed by atoms with van der Waals surface area (Å²) in [7, 11) is 0. The van der Waals surface area contributed by atoms with Crippen LogP contribution in [-0.2, 0) is 0 Å². The number of rotatable bonds is 3. The molecular formula is C15H12BrNO2. The average molecular weight is 318 g/mol. The van der Waals surface area contributed by atoms with Gasteiger partial charge in [-0.05, 0) is 48.9 Å². The predicted octanol–water partition coefficient (Wildman–Crippen LogP) is 3.82. The second-order valence-corrected chi connectivity index (χ2v) is 5.01. The lowest BCUT2D eigenvalue weighted by Gasteiger charge is -2.06. The highest BCUT2D eigenvalue weighted by molar-refractivity contribution is 9.10. The van der Waals surface area contributed by atoms with Crippen molar-refractivity contribution in [3.63, 3.8) is 0 Å². The van der Waals surface area contributed by atoms with Crippen LogP contribution in [0, 0.1) is 6.92 Å². The predicted molar refractivity (Wildman–Crippen MR) is 78.7 cm³/mol. The molecule has 0 fully saturated rings. The minimum absolute atomic E-state index is 0.181. The molecular weight excluding hydrogens is 306 g/mol. The molecule has 0 aliphatic heterocycles. The molecule has 1 N–H and O–H groups in total. The van der Waals surface area contributed by atoms with Gasteiger partial charge in [0.25, 0.3) is 5.91 Å². The molecule has 0 atom stereocenters. The van der Waals surface area contributed by atoms with Gasteiger partial charge in [-0.15, -0.1) is 0 Å². The smallest absolute Gasteiger partial charge is 0.255 e. The molecule has 0 aliphatic carbocycles. The number of nitrogens with one attached hydrogen (secondary N) is 1. The highest BCUT2D eigenvalue weighted by Crippen LogP contribution is 2.18. The number of aryl methyl sites for hydroxylation is 1. The Morgan fingerprint density at radius 2 is 1.84 bits per heavy atom. The Balaban J connectivity index is 2.15. The second kappa shape index (κ2) is 5.80. The summed E-state index contributed by atoms with van der Waals surface area (Å²) >= 11 is 3.40. The van der Waals surface area contributed by atoms with Crippen molar-refractivity contribution in [2.24, 2.45) is 0 Å². The molecule has 3 nitrogen and oxygen atoms in total. The number of anilines is 1. The lowest BCUT2D eigenvalue weighted by Crippen LogP contribution is -2.11. The Kier molecular flexibility index (Phi) is 4.12. The molecule has 19 heavy (non-hydrogen) atoms. The Labute approximate surface area is 119 Å². The fourth-order valence-corrected chi connectivity index (χ4v) is 1.96. The zero-order valence-corrected chi connectivity index (χ0v) is 11.9. The van der Waals surface area contributed by atoms with Crippen LogP contribution >= 0.6 is 15.9 Å². The molecule has 0 aliphatic rings. The van der Waals surface area contributed by atoms with Crippen LogP contribution in [0.15, 0.2) is 46.9 Å². The Hall–Kier alpha value is -1.94. The third kappa shape index (κ3) is 3.29. The average Bonchev–Trinajstić information content (AvgIpc) is 2.42. The van der Waals surface area contributed by atoms with Gasteiger partial charge in [0.15, 0.2) is 0 Å². The lowest BCUT2D eigenvalue weighted by atomic mass is 10.1. The first-order valence-electron chi connectivity index (χ1n) is 5.73. The topological polar surface area (TPSA) is 46.2 Å². The molecule has 0 spiro atoms. The Morgan fingerprint density at radius 1 is 1.16 bits per heavy atom. The molecule has 2 aromatic rings. The third-order valence-electron chi connectivity index (χ3n) is 2.74. The summed E-state index contributed by atoms with van der Waals surface area (Å²) < 4.78 is 0.899. The van der Waals surface area contributed by atoms with Crippen LogP contribution < -0.4 is 5.32 Å². The summed E-state index contributed by atoms with van der Waals surface area (Å²) in [6, 6.07) is 12.2. The van der Waals surface area contributed by atoms with E-state index in [1.54, 1.807) is 36.4 Å². The summed E-state index contributed by atoms with van der Waals surface area (Å²) in [5.74, 6) is -0.181. The van der Waals surface area contributed by atoms with Gasteiger partial charge in [0.2, 0.25) is 0 Å². The van der Waals surface area contributed by atoms with Crippen molar-refractivity contribution >= 4 is 33.8 Å². The number of carbonyl (C=O) groups is 2. The Morgan fingerprint density at radius 3 is 2.42 bits per heavy atom. The van der Waals surface area contributed by atoms with Crippen LogP contribution in [0.5, 0.6) is 0 Å². The molecule has 1 amide bonds. The number of benzene rings is 2. The van der Waals surface area contributed by atoms with Gasteiger partial charge in [-0.3, -0.25) is 9.59 Å². The van der Waals surface area contributed by atoms with Crippen molar-refractivity contribution in [3.05, 3.63) is 63.6 Å². The van der Waals surface area contributed by atoms with Crippen LogP contribution in [0.2, 0.25) is 0 Å². The van der Waals surface area contributed by atoms with Gasteiger partial charge >= 0.3 is 0 Å². The van der Waals surface area contributed by atoms with E-state index in [1.165, 1.54) is 0 Å². The molecule has 96 valence electrons. The minimum atomic E-state index is -0.181. The summed E-state index contributed by atoms with van der Waals surface area (Å²) in [6.07, 6.45) is 0.767. The van der Waals surface area contributed by atoms with Gasteiger partial charge < -0.3 is 5.32 Å². The Bertz CT molecular complexity index is 621. The number of aldehydes is 1.